The van der Waals surface area contributed by atoms with Gasteiger partial charge in [-0.15, -0.1) is 0 Å². The number of likely N-dealkylation sites (N-methyl/N-ethyl adjacent to an activating group) is 1. The van der Waals surface area contributed by atoms with E-state index in [4.69, 9.17) is 5.73 Å². The lowest BCUT2D eigenvalue weighted by atomic mass is 10.0. The Morgan fingerprint density at radius 2 is 2.30 bits per heavy atom. The molecule has 1 aliphatic heterocycles. The number of carbonyl (C=O) groups is 1. The molecule has 0 spiro atoms. The van der Waals surface area contributed by atoms with Gasteiger partial charge in [-0.05, 0) is 51.6 Å². The number of amides is 1. The minimum atomic E-state index is -0.0590. The molecule has 0 radical (unpaired) electrons. The van der Waals surface area contributed by atoms with E-state index < -0.39 is 0 Å². The highest BCUT2D eigenvalue weighted by Gasteiger charge is 2.18. The molecule has 1 amide bonds. The van der Waals surface area contributed by atoms with Crippen LogP contribution in [0.15, 0.2) is 18.2 Å². The molecule has 0 aliphatic carbocycles. The van der Waals surface area contributed by atoms with E-state index >= 15 is 0 Å². The van der Waals surface area contributed by atoms with Crippen molar-refractivity contribution in [3.05, 3.63) is 23.8 Å². The summed E-state index contributed by atoms with van der Waals surface area (Å²) in [5, 5.41) is 6.27. The van der Waals surface area contributed by atoms with Gasteiger partial charge in [0.25, 0.3) is 5.91 Å². The van der Waals surface area contributed by atoms with Crippen molar-refractivity contribution in [2.45, 2.75) is 25.8 Å². The van der Waals surface area contributed by atoms with Gasteiger partial charge in [0.1, 0.15) is 0 Å². The van der Waals surface area contributed by atoms with Gasteiger partial charge in [-0.25, -0.2) is 0 Å². The Balaban J connectivity index is 2.10. The molecule has 1 atom stereocenters. The van der Waals surface area contributed by atoms with E-state index in [0.717, 1.165) is 25.2 Å². The van der Waals surface area contributed by atoms with Crippen LogP contribution in [0, 0.1) is 0 Å². The first-order valence-corrected chi connectivity index (χ1v) is 7.23. The van der Waals surface area contributed by atoms with E-state index in [1.807, 2.05) is 13.0 Å². The van der Waals surface area contributed by atoms with Crippen molar-refractivity contribution in [3.8, 4) is 0 Å². The predicted molar refractivity (Wildman–Crippen MR) is 83.0 cm³/mol. The molecule has 1 saturated heterocycles. The molecule has 0 saturated carbocycles. The zero-order chi connectivity index (χ0) is 14.5. The number of benzene rings is 1. The van der Waals surface area contributed by atoms with Crippen LogP contribution in [0.3, 0.4) is 0 Å². The number of nitrogens with two attached hydrogens (primary N) is 1. The third-order valence-electron chi connectivity index (χ3n) is 3.64. The lowest BCUT2D eigenvalue weighted by Crippen LogP contribution is -2.39. The molecule has 110 valence electrons. The molecule has 4 N–H and O–H groups in total. The van der Waals surface area contributed by atoms with Gasteiger partial charge in [0.05, 0.1) is 11.4 Å². The van der Waals surface area contributed by atoms with Crippen molar-refractivity contribution >= 4 is 17.3 Å². The molecule has 1 aromatic rings. The molecule has 5 nitrogen and oxygen atoms in total. The summed E-state index contributed by atoms with van der Waals surface area (Å²) in [5.41, 5.74) is 8.20. The van der Waals surface area contributed by atoms with Gasteiger partial charge >= 0.3 is 0 Å². The minimum absolute atomic E-state index is 0.0590. The molecular weight excluding hydrogens is 252 g/mol. The van der Waals surface area contributed by atoms with E-state index in [2.05, 4.69) is 22.6 Å². The van der Waals surface area contributed by atoms with Crippen LogP contribution in [0.2, 0.25) is 0 Å². The monoisotopic (exact) mass is 276 g/mol. The Morgan fingerprint density at radius 3 is 3.00 bits per heavy atom. The number of likely N-dealkylation sites (tertiary alicyclic amines) is 1. The van der Waals surface area contributed by atoms with Gasteiger partial charge < -0.3 is 21.3 Å². The highest BCUT2D eigenvalue weighted by Crippen LogP contribution is 2.23. The van der Waals surface area contributed by atoms with Crippen molar-refractivity contribution in [2.24, 2.45) is 0 Å². The number of nitrogens with one attached hydrogen (secondary N) is 2. The second-order valence-corrected chi connectivity index (χ2v) is 5.41. The van der Waals surface area contributed by atoms with Gasteiger partial charge in [0.2, 0.25) is 0 Å². The first-order chi connectivity index (χ1) is 9.60. The van der Waals surface area contributed by atoms with Crippen LogP contribution < -0.4 is 16.4 Å². The summed E-state index contributed by atoms with van der Waals surface area (Å²) in [4.78, 5) is 14.2. The van der Waals surface area contributed by atoms with Gasteiger partial charge in [0.15, 0.2) is 0 Å². The summed E-state index contributed by atoms with van der Waals surface area (Å²) in [7, 11) is 2.13. The normalized spacial score (nSPS) is 19.6. The van der Waals surface area contributed by atoms with Crippen molar-refractivity contribution in [1.82, 2.24) is 10.2 Å². The Morgan fingerprint density at radius 1 is 1.50 bits per heavy atom. The lowest BCUT2D eigenvalue weighted by molar-refractivity contribution is 0.0956. The molecule has 1 fully saturated rings. The Bertz CT molecular complexity index is 475. The molecule has 20 heavy (non-hydrogen) atoms. The molecule has 1 aromatic carbocycles. The molecule has 0 aromatic heterocycles. The first kappa shape index (κ1) is 14.7. The van der Waals surface area contributed by atoms with Gasteiger partial charge in [-0.2, -0.15) is 0 Å². The number of nitrogens with zero attached hydrogens (tertiary/aromatic N) is 1. The smallest absolute Gasteiger partial charge is 0.251 e. The van der Waals surface area contributed by atoms with E-state index in [1.165, 1.54) is 6.42 Å². The third-order valence-corrected chi connectivity index (χ3v) is 3.64. The zero-order valence-electron chi connectivity index (χ0n) is 12.3. The quantitative estimate of drug-likeness (QED) is 0.729. The average Bonchev–Trinajstić information content (AvgIpc) is 2.41. The number of rotatable bonds is 4. The molecule has 1 aliphatic rings. The minimum Gasteiger partial charge on any atom is -0.397 e. The van der Waals surface area contributed by atoms with Gasteiger partial charge in [-0.1, -0.05) is 0 Å². The number of nitrogen functional groups attached to an aromatic ring is 1. The topological polar surface area (TPSA) is 70.4 Å². The SMILES string of the molecule is CCNC(=O)c1ccc(N)c(NC2CCCN(C)C2)c1. The second kappa shape index (κ2) is 6.61. The lowest BCUT2D eigenvalue weighted by Gasteiger charge is -2.31. The van der Waals surface area contributed by atoms with E-state index in [0.29, 0.717) is 23.8 Å². The molecule has 1 heterocycles. The van der Waals surface area contributed by atoms with Crippen LogP contribution in [0.1, 0.15) is 30.1 Å². The molecule has 2 rings (SSSR count). The number of anilines is 2. The number of hydrogen-bond donors (Lipinski definition) is 3. The fourth-order valence-corrected chi connectivity index (χ4v) is 2.59. The summed E-state index contributed by atoms with van der Waals surface area (Å²) < 4.78 is 0. The molecule has 0 bridgehead atoms. The van der Waals surface area contributed by atoms with Crippen LogP contribution in [0.25, 0.3) is 0 Å². The molecule has 1 unspecified atom stereocenters. The van der Waals surface area contributed by atoms with Crippen LogP contribution >= 0.6 is 0 Å². The summed E-state index contributed by atoms with van der Waals surface area (Å²) in [5.74, 6) is -0.0590. The maximum atomic E-state index is 11.9. The Hall–Kier alpha value is -1.75. The van der Waals surface area contributed by atoms with E-state index in [-0.39, 0.29) is 5.91 Å². The van der Waals surface area contributed by atoms with E-state index in [1.54, 1.807) is 12.1 Å². The summed E-state index contributed by atoms with van der Waals surface area (Å²) in [6.07, 6.45) is 2.32. The number of carbonyl (C=O) groups excluding carboxylic acids is 1. The predicted octanol–water partition coefficient (Wildman–Crippen LogP) is 1.52. The van der Waals surface area contributed by atoms with Crippen molar-refractivity contribution in [2.75, 3.05) is 37.7 Å². The number of piperidine rings is 1. The second-order valence-electron chi connectivity index (χ2n) is 5.41. The van der Waals surface area contributed by atoms with Crippen molar-refractivity contribution in [1.29, 1.82) is 0 Å². The summed E-state index contributed by atoms with van der Waals surface area (Å²) in [6.45, 7) is 4.68. The van der Waals surface area contributed by atoms with Gasteiger partial charge in [-0.3, -0.25) is 4.79 Å². The Kier molecular flexibility index (Phi) is 4.84. The number of hydrogen-bond acceptors (Lipinski definition) is 4. The van der Waals surface area contributed by atoms with E-state index in [9.17, 15) is 4.79 Å². The summed E-state index contributed by atoms with van der Waals surface area (Å²) >= 11 is 0. The molecular formula is C15H24N4O. The van der Waals surface area contributed by atoms with Crippen LogP contribution in [0.5, 0.6) is 0 Å². The maximum Gasteiger partial charge on any atom is 0.251 e. The highest BCUT2D eigenvalue weighted by atomic mass is 16.1. The van der Waals surface area contributed by atoms with Crippen molar-refractivity contribution < 1.29 is 4.79 Å². The molecule has 5 heteroatoms. The fraction of sp³-hybridized carbons (Fsp3) is 0.533. The first-order valence-electron chi connectivity index (χ1n) is 7.23. The third kappa shape index (κ3) is 3.63. The largest absolute Gasteiger partial charge is 0.397 e. The highest BCUT2D eigenvalue weighted by molar-refractivity contribution is 5.96. The Labute approximate surface area is 120 Å². The standard InChI is InChI=1S/C15H24N4O/c1-3-17-15(20)11-6-7-13(16)14(9-11)18-12-5-4-8-19(2)10-12/h6-7,9,12,18H,3-5,8,10,16H2,1-2H3,(H,17,20). The van der Waals surface area contributed by atoms with Crippen LogP contribution in [0.4, 0.5) is 11.4 Å². The zero-order valence-corrected chi connectivity index (χ0v) is 12.3. The van der Waals surface area contributed by atoms with Crippen LogP contribution in [-0.2, 0) is 0 Å². The van der Waals surface area contributed by atoms with Gasteiger partial charge in [0, 0.05) is 24.7 Å². The maximum absolute atomic E-state index is 11.9. The summed E-state index contributed by atoms with van der Waals surface area (Å²) in [6, 6.07) is 5.79. The van der Waals surface area contributed by atoms with Crippen LogP contribution in [-0.4, -0.2) is 43.5 Å². The average molecular weight is 276 g/mol. The van der Waals surface area contributed by atoms with Crippen molar-refractivity contribution in [3.63, 3.8) is 0 Å². The fourth-order valence-electron chi connectivity index (χ4n) is 2.59.